The van der Waals surface area contributed by atoms with Crippen LogP contribution in [-0.2, 0) is 10.0 Å². The zero-order valence-electron chi connectivity index (χ0n) is 11.4. The lowest BCUT2D eigenvalue weighted by Crippen LogP contribution is -2.36. The molecule has 1 aliphatic heterocycles. The largest absolute Gasteiger partial charge is 0.490 e. The molecule has 1 aliphatic rings. The summed E-state index contributed by atoms with van der Waals surface area (Å²) in [4.78, 5) is 0. The predicted molar refractivity (Wildman–Crippen MR) is 77.0 cm³/mol. The monoisotopic (exact) mass is 300 g/mol. The third-order valence-electron chi connectivity index (χ3n) is 3.33. The lowest BCUT2D eigenvalue weighted by molar-refractivity contribution is 0.0762. The molecule has 0 aromatic heterocycles. The van der Waals surface area contributed by atoms with Gasteiger partial charge in [-0.3, -0.25) is 0 Å². The van der Waals surface area contributed by atoms with E-state index in [0.29, 0.717) is 24.4 Å². The predicted octanol–water partition coefficient (Wildman–Crippen LogP) is 0.434. The van der Waals surface area contributed by atoms with Crippen LogP contribution in [0.4, 0.5) is 5.69 Å². The van der Waals surface area contributed by atoms with E-state index in [4.69, 9.17) is 10.5 Å². The van der Waals surface area contributed by atoms with Crippen molar-refractivity contribution in [2.24, 2.45) is 0 Å². The number of nitrogens with zero attached hydrogens (tertiary/aromatic N) is 1. The number of nitrogens with two attached hydrogens (primary N) is 1. The van der Waals surface area contributed by atoms with E-state index in [2.05, 4.69) is 0 Å². The van der Waals surface area contributed by atoms with Crippen molar-refractivity contribution in [3.8, 4) is 5.75 Å². The lowest BCUT2D eigenvalue weighted by atomic mass is 10.1. The Morgan fingerprint density at radius 3 is 2.75 bits per heavy atom. The van der Waals surface area contributed by atoms with Gasteiger partial charge in [0, 0.05) is 13.1 Å². The van der Waals surface area contributed by atoms with Crippen LogP contribution in [0.15, 0.2) is 24.3 Å². The molecule has 0 aliphatic carbocycles. The number of hydrogen-bond acceptors (Lipinski definition) is 5. The number of β-amino-alcohol motifs (C(OH)–C–C–N with tert-alkyl or cyclic N) is 1. The number of anilines is 1. The average Bonchev–Trinajstić information content (AvgIpc) is 2.73. The number of aliphatic hydroxyl groups is 1. The van der Waals surface area contributed by atoms with E-state index < -0.39 is 15.6 Å². The van der Waals surface area contributed by atoms with E-state index in [1.54, 1.807) is 31.2 Å². The second-order valence-corrected chi connectivity index (χ2v) is 7.37. The Kier molecular flexibility index (Phi) is 4.22. The molecule has 1 aromatic carbocycles. The highest BCUT2D eigenvalue weighted by Crippen LogP contribution is 2.23. The van der Waals surface area contributed by atoms with Gasteiger partial charge in [-0.15, -0.1) is 0 Å². The molecule has 1 heterocycles. The number of hydrogen-bond donors (Lipinski definition) is 2. The van der Waals surface area contributed by atoms with Crippen molar-refractivity contribution in [2.45, 2.75) is 18.9 Å². The summed E-state index contributed by atoms with van der Waals surface area (Å²) < 4.78 is 30.9. The molecule has 0 bridgehead atoms. The summed E-state index contributed by atoms with van der Waals surface area (Å²) in [6, 6.07) is 6.95. The third-order valence-corrected chi connectivity index (χ3v) is 5.11. The number of benzene rings is 1. The van der Waals surface area contributed by atoms with E-state index >= 15 is 0 Å². The molecule has 1 saturated heterocycles. The topological polar surface area (TPSA) is 92.9 Å². The first-order valence-corrected chi connectivity index (χ1v) is 8.09. The average molecular weight is 300 g/mol. The van der Waals surface area contributed by atoms with Crippen molar-refractivity contribution in [1.29, 1.82) is 0 Å². The van der Waals surface area contributed by atoms with Crippen LogP contribution in [0, 0.1) is 0 Å². The SMILES string of the molecule is CC1(O)CCN(S(=O)(=O)CCOc2ccccc2N)C1. The molecule has 1 aromatic rings. The summed E-state index contributed by atoms with van der Waals surface area (Å²) in [5.74, 6) is 0.355. The second-order valence-electron chi connectivity index (χ2n) is 5.28. The Balaban J connectivity index is 1.89. The molecule has 0 spiro atoms. The van der Waals surface area contributed by atoms with Crippen LogP contribution in [0.2, 0.25) is 0 Å². The maximum absolute atomic E-state index is 12.1. The summed E-state index contributed by atoms with van der Waals surface area (Å²) in [7, 11) is -3.41. The number of sulfonamides is 1. The Morgan fingerprint density at radius 2 is 2.15 bits per heavy atom. The van der Waals surface area contributed by atoms with Crippen LogP contribution in [0.1, 0.15) is 13.3 Å². The highest BCUT2D eigenvalue weighted by atomic mass is 32.2. The zero-order chi connectivity index (χ0) is 14.8. The molecule has 7 heteroatoms. The molecule has 1 unspecified atom stereocenters. The Hall–Kier alpha value is -1.31. The van der Waals surface area contributed by atoms with Crippen molar-refractivity contribution in [3.05, 3.63) is 24.3 Å². The van der Waals surface area contributed by atoms with E-state index in [1.807, 2.05) is 0 Å². The van der Waals surface area contributed by atoms with Gasteiger partial charge >= 0.3 is 0 Å². The van der Waals surface area contributed by atoms with E-state index in [-0.39, 0.29) is 18.9 Å². The fourth-order valence-electron chi connectivity index (χ4n) is 2.14. The van der Waals surface area contributed by atoms with Crippen LogP contribution in [-0.4, -0.2) is 48.9 Å². The number of ether oxygens (including phenoxy) is 1. The normalized spacial score (nSPS) is 23.9. The van der Waals surface area contributed by atoms with Gasteiger partial charge in [-0.1, -0.05) is 12.1 Å². The Labute approximate surface area is 119 Å². The van der Waals surface area contributed by atoms with Crippen LogP contribution < -0.4 is 10.5 Å². The summed E-state index contributed by atoms with van der Waals surface area (Å²) in [5.41, 5.74) is 5.26. The first kappa shape index (κ1) is 15.1. The first-order valence-electron chi connectivity index (χ1n) is 6.48. The number of nitrogen functional groups attached to an aromatic ring is 1. The summed E-state index contributed by atoms with van der Waals surface area (Å²) in [6.07, 6.45) is 0.457. The van der Waals surface area contributed by atoms with Gasteiger partial charge in [0.15, 0.2) is 0 Å². The first-order chi connectivity index (χ1) is 9.30. The van der Waals surface area contributed by atoms with Crippen LogP contribution in [0.5, 0.6) is 5.75 Å². The highest BCUT2D eigenvalue weighted by molar-refractivity contribution is 7.89. The van der Waals surface area contributed by atoms with E-state index in [0.717, 1.165) is 0 Å². The van der Waals surface area contributed by atoms with Gasteiger partial charge < -0.3 is 15.6 Å². The maximum atomic E-state index is 12.1. The summed E-state index contributed by atoms with van der Waals surface area (Å²) in [5, 5.41) is 9.81. The molecular weight excluding hydrogens is 280 g/mol. The molecule has 0 radical (unpaired) electrons. The second kappa shape index (κ2) is 5.59. The minimum absolute atomic E-state index is 0.0369. The van der Waals surface area contributed by atoms with E-state index in [1.165, 1.54) is 4.31 Å². The molecule has 1 fully saturated rings. The highest BCUT2D eigenvalue weighted by Gasteiger charge is 2.37. The van der Waals surface area contributed by atoms with Crippen molar-refractivity contribution >= 4 is 15.7 Å². The van der Waals surface area contributed by atoms with Gasteiger partial charge in [-0.2, -0.15) is 4.31 Å². The van der Waals surface area contributed by atoms with Crippen LogP contribution in [0.25, 0.3) is 0 Å². The quantitative estimate of drug-likeness (QED) is 0.769. The molecule has 20 heavy (non-hydrogen) atoms. The van der Waals surface area contributed by atoms with Crippen molar-refractivity contribution in [1.82, 2.24) is 4.31 Å². The minimum Gasteiger partial charge on any atom is -0.490 e. The zero-order valence-corrected chi connectivity index (χ0v) is 12.3. The molecule has 112 valence electrons. The lowest BCUT2D eigenvalue weighted by Gasteiger charge is -2.19. The fraction of sp³-hybridized carbons (Fsp3) is 0.538. The van der Waals surface area contributed by atoms with Crippen molar-refractivity contribution in [3.63, 3.8) is 0 Å². The number of para-hydroxylation sites is 2. The van der Waals surface area contributed by atoms with Gasteiger partial charge in [0.1, 0.15) is 12.4 Å². The van der Waals surface area contributed by atoms with Crippen molar-refractivity contribution < 1.29 is 18.3 Å². The van der Waals surface area contributed by atoms with Gasteiger partial charge in [-0.05, 0) is 25.5 Å². The summed E-state index contributed by atoms with van der Waals surface area (Å²) in [6.45, 7) is 2.17. The van der Waals surface area contributed by atoms with Gasteiger partial charge in [0.2, 0.25) is 10.0 Å². The Bertz CT molecular complexity index is 571. The smallest absolute Gasteiger partial charge is 0.217 e. The molecule has 0 amide bonds. The standard InChI is InChI=1S/C13H20N2O4S/c1-13(16)6-7-15(10-13)20(17,18)9-8-19-12-5-3-2-4-11(12)14/h2-5,16H,6-10,14H2,1H3. The van der Waals surface area contributed by atoms with Gasteiger partial charge in [0.25, 0.3) is 0 Å². The van der Waals surface area contributed by atoms with Gasteiger partial charge in [0.05, 0.1) is 17.0 Å². The number of rotatable bonds is 5. The van der Waals surface area contributed by atoms with E-state index in [9.17, 15) is 13.5 Å². The third kappa shape index (κ3) is 3.62. The molecule has 3 N–H and O–H groups in total. The molecule has 1 atom stereocenters. The summed E-state index contributed by atoms with van der Waals surface area (Å²) >= 11 is 0. The van der Waals surface area contributed by atoms with Gasteiger partial charge in [-0.25, -0.2) is 8.42 Å². The molecule has 2 rings (SSSR count). The Morgan fingerprint density at radius 1 is 1.45 bits per heavy atom. The molecule has 6 nitrogen and oxygen atoms in total. The maximum Gasteiger partial charge on any atom is 0.217 e. The minimum atomic E-state index is -3.41. The molecule has 0 saturated carbocycles. The van der Waals surface area contributed by atoms with Crippen LogP contribution >= 0.6 is 0 Å². The molecular formula is C13H20N2O4S. The van der Waals surface area contributed by atoms with Crippen molar-refractivity contribution in [2.75, 3.05) is 31.2 Å². The van der Waals surface area contributed by atoms with Crippen LogP contribution in [0.3, 0.4) is 0 Å². The fourth-order valence-corrected chi connectivity index (χ4v) is 3.54.